The first-order valence-electron chi connectivity index (χ1n) is 4.63. The van der Waals surface area contributed by atoms with Crippen molar-refractivity contribution in [3.8, 4) is 0 Å². The molecule has 0 aliphatic carbocycles. The summed E-state index contributed by atoms with van der Waals surface area (Å²) in [6, 6.07) is 1.58. The molecule has 0 fully saturated rings. The van der Waals surface area contributed by atoms with E-state index in [1.54, 1.807) is 27.7 Å². The molecule has 84 valence electrons. The van der Waals surface area contributed by atoms with E-state index in [4.69, 9.17) is 5.11 Å². The highest BCUT2D eigenvalue weighted by Crippen LogP contribution is 2.16. The largest absolute Gasteiger partial charge is 0.477 e. The van der Waals surface area contributed by atoms with Crippen molar-refractivity contribution in [1.29, 1.82) is 0 Å². The third kappa shape index (κ3) is 2.16. The van der Waals surface area contributed by atoms with Gasteiger partial charge in [0.25, 0.3) is 0 Å². The summed E-state index contributed by atoms with van der Waals surface area (Å²) in [5.74, 6) is -0.936. The monoisotopic (exact) mass is 283 g/mol. The van der Waals surface area contributed by atoms with Gasteiger partial charge < -0.3 is 9.67 Å². The average Bonchev–Trinajstić information content (AvgIpc) is 2.74. The van der Waals surface area contributed by atoms with Crippen molar-refractivity contribution < 1.29 is 9.90 Å². The summed E-state index contributed by atoms with van der Waals surface area (Å²) in [7, 11) is 1.83. The van der Waals surface area contributed by atoms with Crippen molar-refractivity contribution in [1.82, 2.24) is 14.3 Å². The van der Waals surface area contributed by atoms with Gasteiger partial charge in [-0.3, -0.25) is 4.68 Å². The number of nitrogens with zero attached hydrogens (tertiary/aromatic N) is 3. The standard InChI is InChI=1S/C10H10BrN3O2/c1-13-4-7(3-12-13)5-14-6-8(11)2-9(14)10(15)16/h2-4,6H,5H2,1H3,(H,15,16). The van der Waals surface area contributed by atoms with Crippen LogP contribution in [0.1, 0.15) is 16.1 Å². The van der Waals surface area contributed by atoms with Crippen LogP contribution in [0, 0.1) is 0 Å². The predicted octanol–water partition coefficient (Wildman–Crippen LogP) is 1.73. The maximum atomic E-state index is 11.0. The summed E-state index contributed by atoms with van der Waals surface area (Å²) in [4.78, 5) is 11.0. The summed E-state index contributed by atoms with van der Waals surface area (Å²) in [6.07, 6.45) is 5.33. The Labute approximate surface area is 100 Å². The van der Waals surface area contributed by atoms with Gasteiger partial charge in [-0.05, 0) is 22.0 Å². The highest BCUT2D eigenvalue weighted by molar-refractivity contribution is 9.10. The van der Waals surface area contributed by atoms with Gasteiger partial charge in [-0.2, -0.15) is 5.10 Å². The molecule has 0 atom stereocenters. The van der Waals surface area contributed by atoms with Gasteiger partial charge in [0.05, 0.1) is 12.7 Å². The van der Waals surface area contributed by atoms with Crippen LogP contribution in [0.5, 0.6) is 0 Å². The van der Waals surface area contributed by atoms with Crippen LogP contribution in [0.2, 0.25) is 0 Å². The number of carboxylic acid groups (broad SMARTS) is 1. The van der Waals surface area contributed by atoms with Crippen LogP contribution in [0.4, 0.5) is 0 Å². The number of aryl methyl sites for hydroxylation is 1. The molecule has 0 aliphatic heterocycles. The quantitative estimate of drug-likeness (QED) is 0.933. The van der Waals surface area contributed by atoms with E-state index in [1.165, 1.54) is 0 Å². The highest BCUT2D eigenvalue weighted by Gasteiger charge is 2.12. The molecule has 6 heteroatoms. The van der Waals surface area contributed by atoms with E-state index < -0.39 is 5.97 Å². The van der Waals surface area contributed by atoms with Gasteiger partial charge in [0.1, 0.15) is 5.69 Å². The zero-order valence-electron chi connectivity index (χ0n) is 8.59. The van der Waals surface area contributed by atoms with Gasteiger partial charge >= 0.3 is 5.97 Å². The lowest BCUT2D eigenvalue weighted by atomic mass is 10.3. The molecule has 0 bridgehead atoms. The zero-order chi connectivity index (χ0) is 11.7. The fourth-order valence-electron chi connectivity index (χ4n) is 1.53. The smallest absolute Gasteiger partial charge is 0.352 e. The van der Waals surface area contributed by atoms with Crippen molar-refractivity contribution in [2.45, 2.75) is 6.54 Å². The van der Waals surface area contributed by atoms with Crippen LogP contribution in [0.15, 0.2) is 29.1 Å². The summed E-state index contributed by atoms with van der Waals surface area (Å²) in [5.41, 5.74) is 1.23. The van der Waals surface area contributed by atoms with Gasteiger partial charge in [0.2, 0.25) is 0 Å². The number of hydrogen-bond donors (Lipinski definition) is 1. The molecule has 5 nitrogen and oxygen atoms in total. The Kier molecular flexibility index (Phi) is 2.82. The normalized spacial score (nSPS) is 10.6. The number of carboxylic acids is 1. The van der Waals surface area contributed by atoms with E-state index in [0.29, 0.717) is 6.54 Å². The van der Waals surface area contributed by atoms with Crippen LogP contribution in [0.3, 0.4) is 0 Å². The molecule has 0 aliphatic rings. The molecule has 16 heavy (non-hydrogen) atoms. The molecule has 2 aromatic rings. The Hall–Kier alpha value is -1.56. The fourth-order valence-corrected chi connectivity index (χ4v) is 2.00. The minimum atomic E-state index is -0.936. The Morgan fingerprint density at radius 3 is 2.88 bits per heavy atom. The third-order valence-corrected chi connectivity index (χ3v) is 2.63. The first-order valence-corrected chi connectivity index (χ1v) is 5.42. The van der Waals surface area contributed by atoms with Crippen LogP contribution in [0.25, 0.3) is 0 Å². The first kappa shape index (κ1) is 10.9. The minimum Gasteiger partial charge on any atom is -0.477 e. The molecular formula is C10H10BrN3O2. The summed E-state index contributed by atoms with van der Waals surface area (Å²) >= 11 is 3.26. The van der Waals surface area contributed by atoms with E-state index in [-0.39, 0.29) is 5.69 Å². The second-order valence-corrected chi connectivity index (χ2v) is 4.41. The van der Waals surface area contributed by atoms with Crippen molar-refractivity contribution in [2.75, 3.05) is 0 Å². The van der Waals surface area contributed by atoms with Gasteiger partial charge in [-0.25, -0.2) is 4.79 Å². The minimum absolute atomic E-state index is 0.260. The molecular weight excluding hydrogens is 274 g/mol. The number of rotatable bonds is 3. The van der Waals surface area contributed by atoms with Crippen molar-refractivity contribution >= 4 is 21.9 Å². The van der Waals surface area contributed by atoms with Gasteiger partial charge in [-0.1, -0.05) is 0 Å². The molecule has 2 rings (SSSR count). The van der Waals surface area contributed by atoms with Crippen LogP contribution in [-0.2, 0) is 13.6 Å². The lowest BCUT2D eigenvalue weighted by molar-refractivity contribution is 0.0685. The van der Waals surface area contributed by atoms with E-state index in [0.717, 1.165) is 10.0 Å². The van der Waals surface area contributed by atoms with Gasteiger partial charge in [0.15, 0.2) is 0 Å². The number of hydrogen-bond acceptors (Lipinski definition) is 2. The summed E-state index contributed by atoms with van der Waals surface area (Å²) in [6.45, 7) is 0.501. The Morgan fingerprint density at radius 1 is 1.56 bits per heavy atom. The average molecular weight is 284 g/mol. The van der Waals surface area contributed by atoms with Crippen LogP contribution in [-0.4, -0.2) is 25.4 Å². The number of aromatic nitrogens is 3. The Bertz CT molecular complexity index is 530. The predicted molar refractivity (Wildman–Crippen MR) is 61.4 cm³/mol. The molecule has 0 saturated heterocycles. The molecule has 0 aromatic carbocycles. The maximum Gasteiger partial charge on any atom is 0.352 e. The molecule has 2 heterocycles. The van der Waals surface area contributed by atoms with E-state index in [9.17, 15) is 4.79 Å². The molecule has 0 spiro atoms. The topological polar surface area (TPSA) is 60.0 Å². The Balaban J connectivity index is 2.30. The molecule has 0 unspecified atom stereocenters. The molecule has 0 saturated carbocycles. The fraction of sp³-hybridized carbons (Fsp3) is 0.200. The lowest BCUT2D eigenvalue weighted by Gasteiger charge is -2.03. The lowest BCUT2D eigenvalue weighted by Crippen LogP contribution is -2.08. The van der Waals surface area contributed by atoms with E-state index in [1.807, 2.05) is 13.2 Å². The van der Waals surface area contributed by atoms with E-state index in [2.05, 4.69) is 21.0 Å². The van der Waals surface area contributed by atoms with Gasteiger partial charge in [-0.15, -0.1) is 0 Å². The number of carbonyl (C=O) groups is 1. The summed E-state index contributed by atoms with van der Waals surface area (Å²) < 4.78 is 4.12. The Morgan fingerprint density at radius 2 is 2.31 bits per heavy atom. The van der Waals surface area contributed by atoms with E-state index >= 15 is 0 Å². The van der Waals surface area contributed by atoms with Crippen LogP contribution >= 0.6 is 15.9 Å². The van der Waals surface area contributed by atoms with Crippen LogP contribution < -0.4 is 0 Å². The molecule has 1 N–H and O–H groups in total. The van der Waals surface area contributed by atoms with Crippen molar-refractivity contribution in [3.63, 3.8) is 0 Å². The molecule has 0 radical (unpaired) electrons. The molecule has 2 aromatic heterocycles. The molecule has 0 amide bonds. The number of halogens is 1. The zero-order valence-corrected chi connectivity index (χ0v) is 10.2. The third-order valence-electron chi connectivity index (χ3n) is 2.19. The highest BCUT2D eigenvalue weighted by atomic mass is 79.9. The summed E-state index contributed by atoms with van der Waals surface area (Å²) in [5, 5.41) is 13.0. The SMILES string of the molecule is Cn1cc(Cn2cc(Br)cc2C(=O)O)cn1. The number of aromatic carboxylic acids is 1. The van der Waals surface area contributed by atoms with Crippen molar-refractivity contribution in [3.05, 3.63) is 40.4 Å². The first-order chi connectivity index (χ1) is 7.56. The second kappa shape index (κ2) is 4.13. The maximum absolute atomic E-state index is 11.0. The van der Waals surface area contributed by atoms with Crippen molar-refractivity contribution in [2.24, 2.45) is 7.05 Å². The van der Waals surface area contributed by atoms with Gasteiger partial charge in [0, 0.05) is 29.5 Å². The second-order valence-electron chi connectivity index (χ2n) is 3.50.